The van der Waals surface area contributed by atoms with E-state index < -0.39 is 0 Å². The molecular formula is C17H29N3S. The number of likely N-dealkylation sites (tertiary alicyclic amines) is 2. The largest absolute Gasteiger partial charge is 0.329 e. The van der Waals surface area contributed by atoms with E-state index in [9.17, 15) is 0 Å². The number of thiophene rings is 1. The Hall–Kier alpha value is -0.420. The number of nitrogens with two attached hydrogens (primary N) is 1. The van der Waals surface area contributed by atoms with Crippen molar-refractivity contribution in [1.82, 2.24) is 9.80 Å². The van der Waals surface area contributed by atoms with E-state index in [0.717, 1.165) is 18.5 Å². The number of fused-ring (bicyclic) bond motifs is 1. The molecule has 4 heteroatoms. The number of nitrogens with zero attached hydrogens (tertiary/aromatic N) is 2. The Labute approximate surface area is 133 Å². The van der Waals surface area contributed by atoms with Crippen molar-refractivity contribution in [3.8, 4) is 0 Å². The van der Waals surface area contributed by atoms with Crippen LogP contribution in [0.5, 0.6) is 0 Å². The fraction of sp³-hybridized carbons (Fsp3) is 0.765. The van der Waals surface area contributed by atoms with E-state index in [1.54, 1.807) is 0 Å². The molecule has 0 amide bonds. The Morgan fingerprint density at radius 3 is 2.81 bits per heavy atom. The van der Waals surface area contributed by atoms with Gasteiger partial charge in [-0.25, -0.2) is 0 Å². The van der Waals surface area contributed by atoms with Crippen LogP contribution < -0.4 is 5.73 Å². The van der Waals surface area contributed by atoms with Crippen molar-refractivity contribution in [2.24, 2.45) is 11.7 Å². The average molecular weight is 308 g/mol. The topological polar surface area (TPSA) is 32.5 Å². The summed E-state index contributed by atoms with van der Waals surface area (Å²) in [5.41, 5.74) is 7.64. The van der Waals surface area contributed by atoms with Crippen molar-refractivity contribution >= 4 is 11.3 Å². The number of aryl methyl sites for hydroxylation is 2. The van der Waals surface area contributed by atoms with Crippen LogP contribution >= 0.6 is 11.3 Å². The van der Waals surface area contributed by atoms with Gasteiger partial charge in [0.15, 0.2) is 0 Å². The van der Waals surface area contributed by atoms with Crippen LogP contribution in [0.2, 0.25) is 0 Å². The smallest absolute Gasteiger partial charge is 0.0481 e. The van der Waals surface area contributed by atoms with Crippen LogP contribution in [0.15, 0.2) is 6.07 Å². The fourth-order valence-electron chi connectivity index (χ4n) is 4.42. The molecule has 2 N–H and O–H groups in total. The van der Waals surface area contributed by atoms with Crippen LogP contribution in [0.1, 0.15) is 40.6 Å². The molecular weight excluding hydrogens is 278 g/mol. The molecule has 3 nitrogen and oxygen atoms in total. The van der Waals surface area contributed by atoms with Gasteiger partial charge in [0.2, 0.25) is 0 Å². The minimum Gasteiger partial charge on any atom is -0.329 e. The molecule has 2 aliphatic rings. The maximum Gasteiger partial charge on any atom is 0.0481 e. The van der Waals surface area contributed by atoms with Crippen molar-refractivity contribution in [3.05, 3.63) is 21.4 Å². The Kier molecular flexibility index (Phi) is 4.69. The minimum atomic E-state index is 0.420. The summed E-state index contributed by atoms with van der Waals surface area (Å²) in [5.74, 6) is 0.839. The van der Waals surface area contributed by atoms with Gasteiger partial charge in [-0.05, 0) is 64.3 Å². The van der Waals surface area contributed by atoms with Crippen LogP contribution in [0.3, 0.4) is 0 Å². The normalized spacial score (nSPS) is 29.3. The molecule has 0 aromatic carbocycles. The van der Waals surface area contributed by atoms with Gasteiger partial charge < -0.3 is 10.6 Å². The summed E-state index contributed by atoms with van der Waals surface area (Å²) >= 11 is 1.91. The van der Waals surface area contributed by atoms with E-state index in [2.05, 4.69) is 36.8 Å². The van der Waals surface area contributed by atoms with Gasteiger partial charge in [-0.3, -0.25) is 4.90 Å². The Bertz CT molecular complexity index is 484. The zero-order chi connectivity index (χ0) is 15.0. The molecule has 3 rings (SSSR count). The number of rotatable bonds is 3. The van der Waals surface area contributed by atoms with E-state index in [1.807, 2.05) is 11.3 Å². The van der Waals surface area contributed by atoms with Crippen molar-refractivity contribution in [2.75, 3.05) is 33.2 Å². The molecule has 2 saturated heterocycles. The lowest BCUT2D eigenvalue weighted by atomic mass is 9.83. The van der Waals surface area contributed by atoms with Crippen molar-refractivity contribution < 1.29 is 0 Å². The first kappa shape index (κ1) is 15.5. The molecule has 2 aliphatic heterocycles. The molecule has 2 fully saturated rings. The lowest BCUT2D eigenvalue weighted by Gasteiger charge is -2.48. The van der Waals surface area contributed by atoms with Crippen LogP contribution in [-0.4, -0.2) is 49.1 Å². The second-order valence-corrected chi connectivity index (χ2v) is 8.31. The zero-order valence-electron chi connectivity index (χ0n) is 13.6. The van der Waals surface area contributed by atoms with Gasteiger partial charge in [0.05, 0.1) is 0 Å². The highest BCUT2D eigenvalue weighted by atomic mass is 32.1. The van der Waals surface area contributed by atoms with Crippen LogP contribution in [0.4, 0.5) is 0 Å². The van der Waals surface area contributed by atoms with Gasteiger partial charge in [0.1, 0.15) is 0 Å². The second kappa shape index (κ2) is 6.37. The summed E-state index contributed by atoms with van der Waals surface area (Å²) in [6.45, 7) is 8.90. The summed E-state index contributed by atoms with van der Waals surface area (Å²) in [7, 11) is 2.30. The maximum atomic E-state index is 6.16. The first-order valence-electron chi connectivity index (χ1n) is 8.31. The predicted octanol–water partition coefficient (Wildman–Crippen LogP) is 2.78. The van der Waals surface area contributed by atoms with Crippen molar-refractivity contribution in [2.45, 2.75) is 45.2 Å². The Balaban J connectivity index is 1.75. The quantitative estimate of drug-likeness (QED) is 0.932. The lowest BCUT2D eigenvalue weighted by molar-refractivity contribution is 0.0211. The molecule has 3 atom stereocenters. The summed E-state index contributed by atoms with van der Waals surface area (Å²) in [4.78, 5) is 8.11. The van der Waals surface area contributed by atoms with Gasteiger partial charge in [-0.2, -0.15) is 0 Å². The maximum absolute atomic E-state index is 6.16. The van der Waals surface area contributed by atoms with E-state index in [4.69, 9.17) is 5.73 Å². The Morgan fingerprint density at radius 1 is 1.33 bits per heavy atom. The van der Waals surface area contributed by atoms with Gasteiger partial charge >= 0.3 is 0 Å². The molecule has 1 aromatic heterocycles. The fourth-order valence-corrected chi connectivity index (χ4v) is 5.40. The summed E-state index contributed by atoms with van der Waals surface area (Å²) in [5, 5.41) is 0. The minimum absolute atomic E-state index is 0.420. The zero-order valence-corrected chi connectivity index (χ0v) is 14.5. The third kappa shape index (κ3) is 3.04. The van der Waals surface area contributed by atoms with Gasteiger partial charge in [-0.1, -0.05) is 0 Å². The van der Waals surface area contributed by atoms with Crippen LogP contribution in [-0.2, 0) is 0 Å². The van der Waals surface area contributed by atoms with Gasteiger partial charge in [0, 0.05) is 41.5 Å². The monoisotopic (exact) mass is 307 g/mol. The highest BCUT2D eigenvalue weighted by Crippen LogP contribution is 2.35. The molecule has 3 heterocycles. The molecule has 0 aliphatic carbocycles. The molecule has 0 radical (unpaired) electrons. The predicted molar refractivity (Wildman–Crippen MR) is 90.9 cm³/mol. The highest BCUT2D eigenvalue weighted by Gasteiger charge is 2.36. The van der Waals surface area contributed by atoms with Gasteiger partial charge in [-0.15, -0.1) is 11.3 Å². The van der Waals surface area contributed by atoms with Crippen molar-refractivity contribution in [3.63, 3.8) is 0 Å². The number of hydrogen-bond donors (Lipinski definition) is 1. The second-order valence-electron chi connectivity index (χ2n) is 6.85. The summed E-state index contributed by atoms with van der Waals surface area (Å²) in [6.07, 6.45) is 4.06. The summed E-state index contributed by atoms with van der Waals surface area (Å²) in [6, 6.07) is 3.58. The third-order valence-electron chi connectivity index (χ3n) is 5.48. The summed E-state index contributed by atoms with van der Waals surface area (Å²) < 4.78 is 0. The molecule has 0 saturated carbocycles. The molecule has 0 spiro atoms. The third-order valence-corrected chi connectivity index (χ3v) is 6.46. The molecule has 3 unspecified atom stereocenters. The van der Waals surface area contributed by atoms with E-state index in [1.165, 1.54) is 54.2 Å². The first-order chi connectivity index (χ1) is 10.1. The average Bonchev–Trinajstić information content (AvgIpc) is 2.79. The lowest BCUT2D eigenvalue weighted by Crippen LogP contribution is -2.54. The first-order valence-corrected chi connectivity index (χ1v) is 9.13. The van der Waals surface area contributed by atoms with E-state index >= 15 is 0 Å². The molecule has 0 bridgehead atoms. The van der Waals surface area contributed by atoms with Crippen LogP contribution in [0.25, 0.3) is 0 Å². The molecule has 118 valence electrons. The molecule has 21 heavy (non-hydrogen) atoms. The van der Waals surface area contributed by atoms with Crippen molar-refractivity contribution in [1.29, 1.82) is 0 Å². The van der Waals surface area contributed by atoms with E-state index in [-0.39, 0.29) is 0 Å². The SMILES string of the molecule is Cc1cc(C(CN)N2CCC3C(CCCN3C)C2)c(C)s1. The van der Waals surface area contributed by atoms with Crippen LogP contribution in [0, 0.1) is 19.8 Å². The van der Waals surface area contributed by atoms with Gasteiger partial charge in [0.25, 0.3) is 0 Å². The molecule has 1 aromatic rings. The standard InChI is InChI=1S/C17H29N3S/c1-12-9-15(13(2)21-12)17(10-18)20-8-6-16-14(11-20)5-4-7-19(16)3/h9,14,16-17H,4-8,10-11,18H2,1-3H3. The number of hydrogen-bond acceptors (Lipinski definition) is 4. The number of piperidine rings is 2. The highest BCUT2D eigenvalue weighted by molar-refractivity contribution is 7.12. The Morgan fingerprint density at radius 2 is 2.14 bits per heavy atom. The van der Waals surface area contributed by atoms with E-state index in [0.29, 0.717) is 6.04 Å².